The van der Waals surface area contributed by atoms with E-state index in [1.807, 2.05) is 0 Å². The maximum atomic E-state index is 8.38. The molecule has 0 aliphatic carbocycles. The van der Waals surface area contributed by atoms with Crippen molar-refractivity contribution in [3.63, 3.8) is 0 Å². The minimum absolute atomic E-state index is 0.869. The average molecular weight is 155 g/mol. The highest BCUT2D eigenvalue weighted by molar-refractivity contribution is 6.25. The zero-order chi connectivity index (χ0) is 8.36. The van der Waals surface area contributed by atoms with Crippen LogP contribution in [-0.2, 0) is 0 Å². The van der Waals surface area contributed by atoms with Crippen molar-refractivity contribution in [1.82, 2.24) is 0 Å². The number of hydrogen-bond acceptors (Lipinski definition) is 1. The average Bonchev–Trinajstić information content (AvgIpc) is 2.03. The second-order valence-electron chi connectivity index (χ2n) is 3.09. The number of unbranched alkanes of at least 4 members (excludes halogenated alkanes) is 6. The van der Waals surface area contributed by atoms with E-state index in [1.165, 1.54) is 46.0 Å². The van der Waals surface area contributed by atoms with Crippen LogP contribution >= 0.6 is 0 Å². The summed E-state index contributed by atoms with van der Waals surface area (Å²) >= 11 is 0. The Bertz CT molecular complexity index is 58.6. The van der Waals surface area contributed by atoms with Gasteiger partial charge in [0.1, 0.15) is 0 Å². The lowest BCUT2D eigenvalue weighted by molar-refractivity contribution is 0.575. The molecule has 2 heteroatoms. The molecule has 0 aromatic carbocycles. The SMILES string of the molecule is CCCCCCCCC[B]O. The molecule has 0 aromatic rings. The lowest BCUT2D eigenvalue weighted by Gasteiger charge is -1.98. The first-order valence-electron chi connectivity index (χ1n) is 4.87. The third-order valence-electron chi connectivity index (χ3n) is 1.94. The molecule has 65 valence electrons. The van der Waals surface area contributed by atoms with E-state index in [2.05, 4.69) is 6.92 Å². The number of rotatable bonds is 8. The molecule has 0 fully saturated rings. The van der Waals surface area contributed by atoms with Crippen molar-refractivity contribution in [3.8, 4) is 0 Å². The highest BCUT2D eigenvalue weighted by Gasteiger charge is 1.90. The Morgan fingerprint density at radius 1 is 0.909 bits per heavy atom. The first-order chi connectivity index (χ1) is 5.41. The summed E-state index contributed by atoms with van der Waals surface area (Å²) in [5.41, 5.74) is 0. The minimum atomic E-state index is 0.869. The van der Waals surface area contributed by atoms with Gasteiger partial charge in [-0.2, -0.15) is 0 Å². The van der Waals surface area contributed by atoms with Crippen molar-refractivity contribution < 1.29 is 5.02 Å². The molecule has 1 nitrogen and oxygen atoms in total. The molecule has 0 amide bonds. The zero-order valence-corrected chi connectivity index (χ0v) is 7.68. The van der Waals surface area contributed by atoms with Crippen LogP contribution in [0, 0.1) is 0 Å². The van der Waals surface area contributed by atoms with Crippen LogP contribution in [0.1, 0.15) is 51.9 Å². The molecule has 0 bridgehead atoms. The van der Waals surface area contributed by atoms with Crippen LogP contribution in [0.3, 0.4) is 0 Å². The summed E-state index contributed by atoms with van der Waals surface area (Å²) in [7, 11) is 1.27. The molecular weight excluding hydrogens is 135 g/mol. The summed E-state index contributed by atoms with van der Waals surface area (Å²) in [6, 6.07) is 0. The Morgan fingerprint density at radius 2 is 1.45 bits per heavy atom. The first kappa shape index (κ1) is 11.0. The van der Waals surface area contributed by atoms with Crippen molar-refractivity contribution in [2.45, 2.75) is 58.2 Å². The topological polar surface area (TPSA) is 20.2 Å². The van der Waals surface area contributed by atoms with Gasteiger partial charge < -0.3 is 5.02 Å². The van der Waals surface area contributed by atoms with E-state index in [1.54, 1.807) is 0 Å². The van der Waals surface area contributed by atoms with Gasteiger partial charge in [-0.15, -0.1) is 0 Å². The fraction of sp³-hybridized carbons (Fsp3) is 1.00. The molecule has 1 N–H and O–H groups in total. The van der Waals surface area contributed by atoms with Crippen LogP contribution in [0.5, 0.6) is 0 Å². The monoisotopic (exact) mass is 155 g/mol. The van der Waals surface area contributed by atoms with Gasteiger partial charge in [0.2, 0.25) is 0 Å². The van der Waals surface area contributed by atoms with Crippen molar-refractivity contribution in [1.29, 1.82) is 0 Å². The summed E-state index contributed by atoms with van der Waals surface area (Å²) in [5, 5.41) is 8.38. The van der Waals surface area contributed by atoms with Gasteiger partial charge in [0, 0.05) is 0 Å². The van der Waals surface area contributed by atoms with Crippen LogP contribution in [0.4, 0.5) is 0 Å². The van der Waals surface area contributed by atoms with Crippen molar-refractivity contribution in [3.05, 3.63) is 0 Å². The summed E-state index contributed by atoms with van der Waals surface area (Å²) in [6.07, 6.45) is 10.1. The minimum Gasteiger partial charge on any atom is -0.454 e. The highest BCUT2D eigenvalue weighted by atomic mass is 16.2. The lowest BCUT2D eigenvalue weighted by atomic mass is 9.92. The molecule has 0 aliphatic heterocycles. The molecule has 0 rings (SSSR count). The quantitative estimate of drug-likeness (QED) is 0.422. The van der Waals surface area contributed by atoms with Crippen LogP contribution in [-0.4, -0.2) is 12.5 Å². The molecule has 0 aromatic heterocycles. The Hall–Kier alpha value is 0.0249. The van der Waals surface area contributed by atoms with Crippen molar-refractivity contribution >= 4 is 7.48 Å². The fourth-order valence-corrected chi connectivity index (χ4v) is 1.19. The molecule has 0 saturated carbocycles. The van der Waals surface area contributed by atoms with E-state index in [4.69, 9.17) is 5.02 Å². The first-order valence-corrected chi connectivity index (χ1v) is 4.87. The summed E-state index contributed by atoms with van der Waals surface area (Å²) in [5.74, 6) is 0. The van der Waals surface area contributed by atoms with Gasteiger partial charge in [-0.05, 0) is 0 Å². The molecule has 0 unspecified atom stereocenters. The molecule has 0 aliphatic rings. The largest absolute Gasteiger partial charge is 0.454 e. The summed E-state index contributed by atoms with van der Waals surface area (Å²) in [6.45, 7) is 2.24. The van der Waals surface area contributed by atoms with Gasteiger partial charge in [0.25, 0.3) is 7.48 Å². The molecule has 1 radical (unpaired) electrons. The van der Waals surface area contributed by atoms with Gasteiger partial charge in [0.15, 0.2) is 0 Å². The van der Waals surface area contributed by atoms with Crippen LogP contribution in [0.25, 0.3) is 0 Å². The lowest BCUT2D eigenvalue weighted by Crippen LogP contribution is -1.86. The fourth-order valence-electron chi connectivity index (χ4n) is 1.19. The van der Waals surface area contributed by atoms with Crippen LogP contribution < -0.4 is 0 Å². The molecule has 0 atom stereocenters. The summed E-state index contributed by atoms with van der Waals surface area (Å²) < 4.78 is 0. The summed E-state index contributed by atoms with van der Waals surface area (Å²) in [4.78, 5) is 0. The van der Waals surface area contributed by atoms with E-state index in [9.17, 15) is 0 Å². The standard InChI is InChI=1S/C9H20BO/c1-2-3-4-5-6-7-8-9-10-11/h11H,2-9H2,1H3. The molecule has 0 spiro atoms. The van der Waals surface area contributed by atoms with Crippen molar-refractivity contribution in [2.24, 2.45) is 0 Å². The number of hydrogen-bond donors (Lipinski definition) is 1. The third-order valence-corrected chi connectivity index (χ3v) is 1.94. The Balaban J connectivity index is 2.69. The zero-order valence-electron chi connectivity index (χ0n) is 7.68. The smallest absolute Gasteiger partial charge is 0.287 e. The normalized spacial score (nSPS) is 10.0. The van der Waals surface area contributed by atoms with Gasteiger partial charge in [-0.25, -0.2) is 0 Å². The van der Waals surface area contributed by atoms with Crippen molar-refractivity contribution in [2.75, 3.05) is 0 Å². The molecule has 0 heterocycles. The highest BCUT2D eigenvalue weighted by Crippen LogP contribution is 2.07. The Morgan fingerprint density at radius 3 is 2.00 bits per heavy atom. The van der Waals surface area contributed by atoms with E-state index < -0.39 is 0 Å². The predicted molar refractivity (Wildman–Crippen MR) is 50.8 cm³/mol. The van der Waals surface area contributed by atoms with E-state index >= 15 is 0 Å². The maximum absolute atomic E-state index is 8.38. The van der Waals surface area contributed by atoms with Gasteiger partial charge in [0.05, 0.1) is 0 Å². The maximum Gasteiger partial charge on any atom is 0.287 e. The van der Waals surface area contributed by atoms with Gasteiger partial charge in [-0.1, -0.05) is 58.2 Å². The Kier molecular flexibility index (Phi) is 10.0. The van der Waals surface area contributed by atoms with E-state index in [-0.39, 0.29) is 0 Å². The Labute approximate surface area is 71.5 Å². The van der Waals surface area contributed by atoms with E-state index in [0.717, 1.165) is 12.7 Å². The molecular formula is C9H20BO. The predicted octanol–water partition coefficient (Wildman–Crippen LogP) is 2.77. The van der Waals surface area contributed by atoms with Crippen LogP contribution in [0.15, 0.2) is 0 Å². The second-order valence-corrected chi connectivity index (χ2v) is 3.09. The van der Waals surface area contributed by atoms with Gasteiger partial charge >= 0.3 is 0 Å². The second kappa shape index (κ2) is 10.0. The molecule has 0 saturated heterocycles. The van der Waals surface area contributed by atoms with Gasteiger partial charge in [-0.3, -0.25) is 0 Å². The third kappa shape index (κ3) is 10.0. The molecule has 11 heavy (non-hydrogen) atoms. The van der Waals surface area contributed by atoms with Crippen LogP contribution in [0.2, 0.25) is 6.32 Å². The van der Waals surface area contributed by atoms with E-state index in [0.29, 0.717) is 0 Å².